The zero-order chi connectivity index (χ0) is 13.2. The van der Waals surface area contributed by atoms with Crippen LogP contribution < -0.4 is 0 Å². The minimum atomic E-state index is -1.03. The molecule has 0 saturated heterocycles. The minimum absolute atomic E-state index is 0.0633. The lowest BCUT2D eigenvalue weighted by Gasteiger charge is -2.21. The minimum Gasteiger partial charge on any atom is -0.478 e. The van der Waals surface area contributed by atoms with Gasteiger partial charge in [0.05, 0.1) is 11.9 Å². The van der Waals surface area contributed by atoms with Crippen molar-refractivity contribution in [2.75, 3.05) is 7.05 Å². The van der Waals surface area contributed by atoms with E-state index in [0.717, 1.165) is 0 Å². The van der Waals surface area contributed by atoms with Crippen molar-refractivity contribution in [3.05, 3.63) is 17.5 Å². The number of carboxylic acids is 1. The molecular formula is C11H17N3O3. The van der Waals surface area contributed by atoms with Gasteiger partial charge >= 0.3 is 5.97 Å². The Kier molecular flexibility index (Phi) is 3.88. The number of rotatable bonds is 4. The third-order valence-corrected chi connectivity index (χ3v) is 2.79. The number of nitrogens with zero attached hydrogens (tertiary/aromatic N) is 3. The second kappa shape index (κ2) is 4.99. The maximum Gasteiger partial charge on any atom is 0.339 e. The summed E-state index contributed by atoms with van der Waals surface area (Å²) in [5.74, 6) is -1.12. The molecule has 6 nitrogen and oxygen atoms in total. The normalized spacial score (nSPS) is 10.6. The van der Waals surface area contributed by atoms with Crippen LogP contribution in [-0.4, -0.2) is 44.8 Å². The first-order valence-corrected chi connectivity index (χ1v) is 5.36. The van der Waals surface area contributed by atoms with Gasteiger partial charge in [-0.05, 0) is 20.8 Å². The Morgan fingerprint density at radius 1 is 1.53 bits per heavy atom. The Balaban J connectivity index is 2.83. The van der Waals surface area contributed by atoms with Crippen molar-refractivity contribution in [3.63, 3.8) is 0 Å². The topological polar surface area (TPSA) is 75.4 Å². The van der Waals surface area contributed by atoms with Gasteiger partial charge in [-0.25, -0.2) is 4.79 Å². The van der Waals surface area contributed by atoms with Gasteiger partial charge in [0.25, 0.3) is 0 Å². The molecule has 0 bridgehead atoms. The Morgan fingerprint density at radius 2 is 2.12 bits per heavy atom. The molecule has 1 amide bonds. The van der Waals surface area contributed by atoms with Gasteiger partial charge in [-0.3, -0.25) is 9.48 Å². The number of carbonyl (C=O) groups excluding carboxylic acids is 1. The molecule has 0 saturated carbocycles. The summed E-state index contributed by atoms with van der Waals surface area (Å²) < 4.78 is 1.41. The van der Waals surface area contributed by atoms with E-state index < -0.39 is 5.97 Å². The average molecular weight is 239 g/mol. The molecule has 1 heterocycles. The maximum atomic E-state index is 11.8. The average Bonchev–Trinajstić information content (AvgIpc) is 2.59. The zero-order valence-corrected chi connectivity index (χ0v) is 10.5. The number of aromatic nitrogens is 2. The molecule has 0 aromatic carbocycles. The van der Waals surface area contributed by atoms with Crippen LogP contribution in [0.4, 0.5) is 0 Å². The van der Waals surface area contributed by atoms with Crippen LogP contribution in [0.25, 0.3) is 0 Å². The van der Waals surface area contributed by atoms with Gasteiger partial charge in [0.2, 0.25) is 5.91 Å². The highest BCUT2D eigenvalue weighted by Gasteiger charge is 2.17. The molecule has 0 fully saturated rings. The van der Waals surface area contributed by atoms with Gasteiger partial charge in [0.1, 0.15) is 12.1 Å². The lowest BCUT2D eigenvalue weighted by molar-refractivity contribution is -0.132. The quantitative estimate of drug-likeness (QED) is 0.841. The second-order valence-electron chi connectivity index (χ2n) is 4.20. The molecule has 1 aromatic heterocycles. The predicted octanol–water partition coefficient (Wildman–Crippen LogP) is 0.757. The first-order valence-electron chi connectivity index (χ1n) is 5.36. The smallest absolute Gasteiger partial charge is 0.339 e. The van der Waals surface area contributed by atoms with Crippen LogP contribution in [0, 0.1) is 6.92 Å². The van der Waals surface area contributed by atoms with E-state index in [2.05, 4.69) is 5.10 Å². The van der Waals surface area contributed by atoms with E-state index in [9.17, 15) is 9.59 Å². The van der Waals surface area contributed by atoms with Gasteiger partial charge in [0, 0.05) is 13.1 Å². The van der Waals surface area contributed by atoms with E-state index >= 15 is 0 Å². The molecule has 1 rings (SSSR count). The second-order valence-corrected chi connectivity index (χ2v) is 4.20. The van der Waals surface area contributed by atoms with Crippen LogP contribution in [-0.2, 0) is 11.3 Å². The van der Waals surface area contributed by atoms with E-state index in [-0.39, 0.29) is 24.1 Å². The summed E-state index contributed by atoms with van der Waals surface area (Å²) in [5, 5.41) is 12.8. The number of hydrogen-bond acceptors (Lipinski definition) is 3. The van der Waals surface area contributed by atoms with E-state index in [0.29, 0.717) is 5.69 Å². The number of hydrogen-bond donors (Lipinski definition) is 1. The molecule has 0 radical (unpaired) electrons. The third kappa shape index (κ3) is 2.83. The highest BCUT2D eigenvalue weighted by atomic mass is 16.4. The summed E-state index contributed by atoms with van der Waals surface area (Å²) in [4.78, 5) is 24.2. The fourth-order valence-electron chi connectivity index (χ4n) is 1.34. The van der Waals surface area contributed by atoms with Crippen molar-refractivity contribution >= 4 is 11.9 Å². The molecule has 0 aliphatic carbocycles. The van der Waals surface area contributed by atoms with Crippen molar-refractivity contribution < 1.29 is 14.7 Å². The maximum absolute atomic E-state index is 11.8. The first kappa shape index (κ1) is 13.2. The van der Waals surface area contributed by atoms with Crippen molar-refractivity contribution in [3.8, 4) is 0 Å². The van der Waals surface area contributed by atoms with Crippen molar-refractivity contribution in [2.24, 2.45) is 0 Å². The van der Waals surface area contributed by atoms with E-state index in [1.165, 1.54) is 10.9 Å². The molecule has 0 unspecified atom stereocenters. The van der Waals surface area contributed by atoms with Gasteiger partial charge < -0.3 is 10.0 Å². The van der Waals surface area contributed by atoms with E-state index in [1.807, 2.05) is 13.8 Å². The summed E-state index contributed by atoms with van der Waals surface area (Å²) in [7, 11) is 1.71. The van der Waals surface area contributed by atoms with Crippen LogP contribution in [0.15, 0.2) is 6.20 Å². The van der Waals surface area contributed by atoms with E-state index in [1.54, 1.807) is 18.9 Å². The molecule has 17 heavy (non-hydrogen) atoms. The Hall–Kier alpha value is -1.85. The number of amides is 1. The first-order chi connectivity index (χ1) is 7.84. The fraction of sp³-hybridized carbons (Fsp3) is 0.545. The third-order valence-electron chi connectivity index (χ3n) is 2.79. The standard InChI is InChI=1S/C11H17N3O3/c1-7(2)13(4)10(15)6-14-8(3)9(5-12-14)11(16)17/h5,7H,6H2,1-4H3,(H,16,17). The summed E-state index contributed by atoms with van der Waals surface area (Å²) in [6.07, 6.45) is 1.26. The molecule has 0 aliphatic rings. The van der Waals surface area contributed by atoms with Crippen LogP contribution in [0.2, 0.25) is 0 Å². The molecular weight excluding hydrogens is 222 g/mol. The van der Waals surface area contributed by atoms with Gasteiger partial charge in [0.15, 0.2) is 0 Å². The highest BCUT2D eigenvalue weighted by Crippen LogP contribution is 2.07. The summed E-state index contributed by atoms with van der Waals surface area (Å²) in [6.45, 7) is 5.53. The summed E-state index contributed by atoms with van der Waals surface area (Å²) in [5.41, 5.74) is 0.619. The van der Waals surface area contributed by atoms with Gasteiger partial charge in [-0.2, -0.15) is 5.10 Å². The monoisotopic (exact) mass is 239 g/mol. The molecule has 0 spiro atoms. The molecule has 1 N–H and O–H groups in total. The van der Waals surface area contributed by atoms with E-state index in [4.69, 9.17) is 5.11 Å². The molecule has 6 heteroatoms. The van der Waals surface area contributed by atoms with Crippen LogP contribution in [0.5, 0.6) is 0 Å². The van der Waals surface area contributed by atoms with Crippen molar-refractivity contribution in [1.29, 1.82) is 0 Å². The number of carboxylic acid groups (broad SMARTS) is 1. The predicted molar refractivity (Wildman–Crippen MR) is 61.8 cm³/mol. The van der Waals surface area contributed by atoms with Crippen molar-refractivity contribution in [2.45, 2.75) is 33.4 Å². The highest BCUT2D eigenvalue weighted by molar-refractivity contribution is 5.88. The fourth-order valence-corrected chi connectivity index (χ4v) is 1.34. The SMILES string of the molecule is Cc1c(C(=O)O)cnn1CC(=O)N(C)C(C)C. The molecule has 0 aliphatic heterocycles. The lowest BCUT2D eigenvalue weighted by Crippen LogP contribution is -2.36. The van der Waals surface area contributed by atoms with Gasteiger partial charge in [-0.15, -0.1) is 0 Å². The molecule has 0 atom stereocenters. The molecule has 1 aromatic rings. The van der Waals surface area contributed by atoms with Gasteiger partial charge in [-0.1, -0.05) is 0 Å². The lowest BCUT2D eigenvalue weighted by atomic mass is 10.2. The Labute approximate surface area is 99.8 Å². The Morgan fingerprint density at radius 3 is 2.53 bits per heavy atom. The largest absolute Gasteiger partial charge is 0.478 e. The molecule has 94 valence electrons. The van der Waals surface area contributed by atoms with Crippen molar-refractivity contribution in [1.82, 2.24) is 14.7 Å². The van der Waals surface area contributed by atoms with Crippen LogP contribution in [0.3, 0.4) is 0 Å². The summed E-state index contributed by atoms with van der Waals surface area (Å²) >= 11 is 0. The zero-order valence-electron chi connectivity index (χ0n) is 10.5. The van der Waals surface area contributed by atoms with Crippen LogP contribution in [0.1, 0.15) is 29.9 Å². The van der Waals surface area contributed by atoms with Crippen LogP contribution >= 0.6 is 0 Å². The number of carbonyl (C=O) groups is 2. The number of aromatic carboxylic acids is 1. The number of likely N-dealkylation sites (N-methyl/N-ethyl adjacent to an activating group) is 1. The summed E-state index contributed by atoms with van der Waals surface area (Å²) in [6, 6.07) is 0.109. The Bertz CT molecular complexity index is 437.